The molecule has 0 spiro atoms. The third-order valence-electron chi connectivity index (χ3n) is 4.48. The second-order valence-electron chi connectivity index (χ2n) is 6.19. The molecule has 8 heteroatoms. The third kappa shape index (κ3) is 3.70. The van der Waals surface area contributed by atoms with E-state index in [-0.39, 0.29) is 10.6 Å². The molecule has 1 aliphatic rings. The average molecular weight is 355 g/mol. The van der Waals surface area contributed by atoms with Crippen LogP contribution in [-0.4, -0.2) is 43.8 Å². The van der Waals surface area contributed by atoms with Crippen molar-refractivity contribution in [1.29, 1.82) is 0 Å². The van der Waals surface area contributed by atoms with Gasteiger partial charge >= 0.3 is 0 Å². The highest BCUT2D eigenvalue weighted by atomic mass is 32.2. The van der Waals surface area contributed by atoms with E-state index in [4.69, 9.17) is 0 Å². The Hall–Kier alpha value is -1.67. The number of nitro benzene ring substituents is 1. The van der Waals surface area contributed by atoms with Crippen molar-refractivity contribution >= 4 is 21.4 Å². The third-order valence-corrected chi connectivity index (χ3v) is 6.53. The molecule has 2 rings (SSSR count). The molecule has 0 radical (unpaired) electrons. The molecule has 1 fully saturated rings. The first-order valence-electron chi connectivity index (χ1n) is 8.34. The van der Waals surface area contributed by atoms with Crippen LogP contribution in [0.4, 0.5) is 11.4 Å². The summed E-state index contributed by atoms with van der Waals surface area (Å²) in [6, 6.07) is 4.25. The van der Waals surface area contributed by atoms with E-state index < -0.39 is 14.9 Å². The first kappa shape index (κ1) is 18.7. The highest BCUT2D eigenvalue weighted by molar-refractivity contribution is 7.89. The van der Waals surface area contributed by atoms with Crippen molar-refractivity contribution in [2.45, 2.75) is 38.5 Å². The Bertz CT molecular complexity index is 701. The van der Waals surface area contributed by atoms with Crippen molar-refractivity contribution in [3.8, 4) is 0 Å². The maximum atomic E-state index is 12.6. The van der Waals surface area contributed by atoms with Gasteiger partial charge in [-0.05, 0) is 30.9 Å². The summed E-state index contributed by atoms with van der Waals surface area (Å²) < 4.78 is 26.5. The second kappa shape index (κ2) is 7.48. The zero-order chi connectivity index (χ0) is 17.9. The van der Waals surface area contributed by atoms with Crippen LogP contribution in [0, 0.1) is 16.0 Å². The molecule has 1 saturated heterocycles. The quantitative estimate of drug-likeness (QED) is 0.579. The van der Waals surface area contributed by atoms with E-state index in [1.54, 1.807) is 19.9 Å². The van der Waals surface area contributed by atoms with E-state index in [9.17, 15) is 18.5 Å². The van der Waals surface area contributed by atoms with Crippen molar-refractivity contribution in [2.24, 2.45) is 5.92 Å². The fourth-order valence-corrected chi connectivity index (χ4v) is 4.68. The normalized spacial score (nSPS) is 18.8. The monoisotopic (exact) mass is 355 g/mol. The molecule has 1 aromatic carbocycles. The van der Waals surface area contributed by atoms with Crippen LogP contribution in [0.15, 0.2) is 23.1 Å². The van der Waals surface area contributed by atoms with Gasteiger partial charge in [-0.1, -0.05) is 20.8 Å². The minimum Gasteiger partial charge on any atom is -0.366 e. The van der Waals surface area contributed by atoms with Crippen LogP contribution in [-0.2, 0) is 10.0 Å². The lowest BCUT2D eigenvalue weighted by Gasteiger charge is -2.32. The van der Waals surface area contributed by atoms with E-state index in [1.807, 2.05) is 4.90 Å². The fourth-order valence-electron chi connectivity index (χ4n) is 3.20. The van der Waals surface area contributed by atoms with E-state index in [0.29, 0.717) is 24.7 Å². The van der Waals surface area contributed by atoms with Gasteiger partial charge in [-0.15, -0.1) is 0 Å². The molecule has 0 aromatic heterocycles. The molecule has 0 N–H and O–H groups in total. The van der Waals surface area contributed by atoms with Crippen LogP contribution in [0.25, 0.3) is 0 Å². The van der Waals surface area contributed by atoms with Crippen molar-refractivity contribution < 1.29 is 13.3 Å². The van der Waals surface area contributed by atoms with Crippen molar-refractivity contribution in [1.82, 2.24) is 4.31 Å². The molecular weight excluding hydrogens is 330 g/mol. The molecular formula is C16H25N3O4S. The summed E-state index contributed by atoms with van der Waals surface area (Å²) in [5.74, 6) is 0.470. The largest absolute Gasteiger partial charge is 0.366 e. The standard InChI is InChI=1S/C16H25N3O4S/c1-4-18(5-2)24(22,23)14-8-9-15(16(11-14)19(20)21)17-10-6-7-13(3)12-17/h8-9,11,13H,4-7,10,12H2,1-3H3/t13-/m1/s1. The number of piperidine rings is 1. The van der Waals surface area contributed by atoms with Gasteiger partial charge in [0.05, 0.1) is 9.82 Å². The topological polar surface area (TPSA) is 83.8 Å². The fraction of sp³-hybridized carbons (Fsp3) is 0.625. The highest BCUT2D eigenvalue weighted by Crippen LogP contribution is 2.34. The van der Waals surface area contributed by atoms with Gasteiger partial charge in [0, 0.05) is 32.2 Å². The van der Waals surface area contributed by atoms with Gasteiger partial charge < -0.3 is 4.90 Å². The zero-order valence-corrected chi connectivity index (χ0v) is 15.3. The van der Waals surface area contributed by atoms with Crippen LogP contribution in [0.5, 0.6) is 0 Å². The molecule has 0 unspecified atom stereocenters. The summed E-state index contributed by atoms with van der Waals surface area (Å²) in [4.78, 5) is 13.0. The minimum absolute atomic E-state index is 0.0216. The van der Waals surface area contributed by atoms with Crippen molar-refractivity contribution in [2.75, 3.05) is 31.1 Å². The van der Waals surface area contributed by atoms with E-state index >= 15 is 0 Å². The summed E-state index contributed by atoms with van der Waals surface area (Å²) in [6.07, 6.45) is 2.09. The molecule has 134 valence electrons. The Morgan fingerprint density at radius 3 is 2.54 bits per heavy atom. The summed E-state index contributed by atoms with van der Waals surface area (Å²) in [7, 11) is -3.71. The molecule has 0 saturated carbocycles. The van der Waals surface area contributed by atoms with Crippen molar-refractivity contribution in [3.05, 3.63) is 28.3 Å². The Balaban J connectivity index is 2.45. The van der Waals surface area contributed by atoms with Crippen LogP contribution >= 0.6 is 0 Å². The lowest BCUT2D eigenvalue weighted by atomic mass is 9.99. The number of nitrogens with zero attached hydrogens (tertiary/aromatic N) is 3. The molecule has 0 aliphatic carbocycles. The SMILES string of the molecule is CCN(CC)S(=O)(=O)c1ccc(N2CCC[C@@H](C)C2)c([N+](=O)[O-])c1. The van der Waals surface area contributed by atoms with E-state index in [2.05, 4.69) is 6.92 Å². The number of benzene rings is 1. The molecule has 0 bridgehead atoms. The first-order valence-corrected chi connectivity index (χ1v) is 9.78. The van der Waals surface area contributed by atoms with Gasteiger partial charge in [-0.2, -0.15) is 4.31 Å². The molecule has 1 heterocycles. The predicted molar refractivity (Wildman–Crippen MR) is 93.8 cm³/mol. The molecule has 0 amide bonds. The molecule has 1 aromatic rings. The summed E-state index contributed by atoms with van der Waals surface area (Å²) >= 11 is 0. The first-order chi connectivity index (χ1) is 11.3. The maximum absolute atomic E-state index is 12.6. The minimum atomic E-state index is -3.71. The second-order valence-corrected chi connectivity index (χ2v) is 8.13. The van der Waals surface area contributed by atoms with Crippen LogP contribution in [0.3, 0.4) is 0 Å². The molecule has 7 nitrogen and oxygen atoms in total. The van der Waals surface area contributed by atoms with Crippen LogP contribution in [0.2, 0.25) is 0 Å². The van der Waals surface area contributed by atoms with Gasteiger partial charge in [0.2, 0.25) is 10.0 Å². The lowest BCUT2D eigenvalue weighted by molar-refractivity contribution is -0.384. The number of hydrogen-bond donors (Lipinski definition) is 0. The van der Waals surface area contributed by atoms with Gasteiger partial charge in [0.1, 0.15) is 5.69 Å². The highest BCUT2D eigenvalue weighted by Gasteiger charge is 2.28. The van der Waals surface area contributed by atoms with Crippen molar-refractivity contribution in [3.63, 3.8) is 0 Å². The van der Waals surface area contributed by atoms with E-state index in [0.717, 1.165) is 25.9 Å². The summed E-state index contributed by atoms with van der Waals surface area (Å²) in [5.41, 5.74) is 0.363. The Kier molecular flexibility index (Phi) is 5.82. The zero-order valence-electron chi connectivity index (χ0n) is 14.4. The lowest BCUT2D eigenvalue weighted by Crippen LogP contribution is -2.35. The molecule has 1 aliphatic heterocycles. The van der Waals surface area contributed by atoms with Gasteiger partial charge in [-0.3, -0.25) is 10.1 Å². The number of nitro groups is 1. The average Bonchev–Trinajstić information content (AvgIpc) is 2.55. The number of sulfonamides is 1. The number of anilines is 1. The Morgan fingerprint density at radius 1 is 1.33 bits per heavy atom. The van der Waals surface area contributed by atoms with E-state index in [1.165, 1.54) is 16.4 Å². The van der Waals surface area contributed by atoms with Crippen LogP contribution < -0.4 is 4.90 Å². The van der Waals surface area contributed by atoms with Gasteiger partial charge in [0.15, 0.2) is 0 Å². The summed E-state index contributed by atoms with van der Waals surface area (Å²) in [5, 5.41) is 11.5. The smallest absolute Gasteiger partial charge is 0.293 e. The molecule has 24 heavy (non-hydrogen) atoms. The van der Waals surface area contributed by atoms with Gasteiger partial charge in [0.25, 0.3) is 5.69 Å². The maximum Gasteiger partial charge on any atom is 0.293 e. The van der Waals surface area contributed by atoms with Crippen LogP contribution in [0.1, 0.15) is 33.6 Å². The van der Waals surface area contributed by atoms with Gasteiger partial charge in [-0.25, -0.2) is 8.42 Å². The number of hydrogen-bond acceptors (Lipinski definition) is 5. The summed E-state index contributed by atoms with van der Waals surface area (Å²) in [6.45, 7) is 7.79. The Morgan fingerprint density at radius 2 is 2.00 bits per heavy atom. The number of rotatable bonds is 6. The molecule has 1 atom stereocenters. The Labute approximate surface area is 143 Å². The predicted octanol–water partition coefficient (Wildman–Crippen LogP) is 2.86.